The highest BCUT2D eigenvalue weighted by atomic mass is 127. The molecule has 0 radical (unpaired) electrons. The van der Waals surface area contributed by atoms with Crippen molar-refractivity contribution in [3.8, 4) is 0 Å². The maximum atomic E-state index is 11.2. The number of hydrogen-bond acceptors (Lipinski definition) is 3. The molecule has 1 unspecified atom stereocenters. The van der Waals surface area contributed by atoms with Gasteiger partial charge in [-0.15, -0.1) is 24.0 Å². The van der Waals surface area contributed by atoms with Crippen LogP contribution in [0.5, 0.6) is 0 Å². The molecule has 1 aliphatic heterocycles. The number of carbonyl (C=O) groups excluding carboxylic acids is 1. The molecule has 2 rings (SSSR count). The van der Waals surface area contributed by atoms with Gasteiger partial charge in [-0.1, -0.05) is 29.3 Å². The van der Waals surface area contributed by atoms with Gasteiger partial charge >= 0.3 is 0 Å². The third-order valence-electron chi connectivity index (χ3n) is 4.95. The Bertz CT molecular complexity index is 666. The number of benzene rings is 1. The maximum absolute atomic E-state index is 11.2. The standard InChI is InChI=1S/C19H29Cl2N5O.HI/c1-13(16-5-4-15(20)12-17(16)21)25-19(23)24-8-2-3-9-26-10-6-14(7-11-26)18(22)27;/h4-5,12-14H,2-3,6-11H2,1H3,(H2,22,27)(H3,23,24,25);1H. The summed E-state index contributed by atoms with van der Waals surface area (Å²) in [5.41, 5.74) is 12.3. The van der Waals surface area contributed by atoms with E-state index in [0.29, 0.717) is 22.5 Å². The first-order chi connectivity index (χ1) is 12.9. The first-order valence-electron chi connectivity index (χ1n) is 9.40. The lowest BCUT2D eigenvalue weighted by Gasteiger charge is -2.30. The molecule has 0 aromatic heterocycles. The zero-order valence-electron chi connectivity index (χ0n) is 16.2. The third-order valence-corrected chi connectivity index (χ3v) is 5.51. The second-order valence-electron chi connectivity index (χ2n) is 7.02. The Morgan fingerprint density at radius 1 is 1.29 bits per heavy atom. The Balaban J connectivity index is 0.00000392. The third kappa shape index (κ3) is 8.31. The molecule has 1 aromatic carbocycles. The number of piperidine rings is 1. The van der Waals surface area contributed by atoms with Crippen LogP contribution in [-0.2, 0) is 4.79 Å². The molecule has 1 amide bonds. The van der Waals surface area contributed by atoms with E-state index in [-0.39, 0.29) is 41.8 Å². The zero-order chi connectivity index (χ0) is 19.8. The quantitative estimate of drug-likeness (QED) is 0.203. The highest BCUT2D eigenvalue weighted by Gasteiger charge is 2.22. The molecule has 0 spiro atoms. The summed E-state index contributed by atoms with van der Waals surface area (Å²) in [6, 6.07) is 5.36. The number of amides is 1. The Morgan fingerprint density at radius 3 is 2.57 bits per heavy atom. The van der Waals surface area contributed by atoms with Gasteiger partial charge in [0.2, 0.25) is 5.91 Å². The van der Waals surface area contributed by atoms with Gasteiger partial charge in [0, 0.05) is 22.5 Å². The normalized spacial score (nSPS) is 17.0. The van der Waals surface area contributed by atoms with E-state index >= 15 is 0 Å². The molecule has 1 aromatic rings. The molecule has 1 saturated heterocycles. The molecular formula is C19H30Cl2IN5O. The van der Waals surface area contributed by atoms with Crippen molar-refractivity contribution in [2.45, 2.75) is 38.6 Å². The van der Waals surface area contributed by atoms with Crippen molar-refractivity contribution in [3.05, 3.63) is 33.8 Å². The fraction of sp³-hybridized carbons (Fsp3) is 0.579. The molecule has 1 fully saturated rings. The number of primary amides is 1. The van der Waals surface area contributed by atoms with Crippen LogP contribution in [0.4, 0.5) is 0 Å². The fourth-order valence-corrected chi connectivity index (χ4v) is 3.86. The van der Waals surface area contributed by atoms with E-state index in [1.165, 1.54) is 0 Å². The lowest BCUT2D eigenvalue weighted by Crippen LogP contribution is -2.38. The topological polar surface area (TPSA) is 96.7 Å². The van der Waals surface area contributed by atoms with Crippen LogP contribution in [0.15, 0.2) is 23.2 Å². The number of nitrogens with two attached hydrogens (primary N) is 2. The molecule has 1 heterocycles. The minimum Gasteiger partial charge on any atom is -0.370 e. The molecule has 6 nitrogen and oxygen atoms in total. The molecule has 0 saturated carbocycles. The summed E-state index contributed by atoms with van der Waals surface area (Å²) < 4.78 is 0. The number of aliphatic imine (C=N–C) groups is 1. The summed E-state index contributed by atoms with van der Waals surface area (Å²) in [7, 11) is 0. The van der Waals surface area contributed by atoms with Crippen LogP contribution in [0.1, 0.15) is 44.2 Å². The molecule has 1 atom stereocenters. The van der Waals surface area contributed by atoms with Crippen LogP contribution >= 0.6 is 47.2 Å². The first kappa shape index (κ1) is 25.3. The van der Waals surface area contributed by atoms with Crippen LogP contribution in [0.3, 0.4) is 0 Å². The van der Waals surface area contributed by atoms with Gasteiger partial charge in [-0.25, -0.2) is 0 Å². The number of nitrogens with one attached hydrogen (secondary N) is 1. The summed E-state index contributed by atoms with van der Waals surface area (Å²) in [4.78, 5) is 18.0. The number of hydrogen-bond donors (Lipinski definition) is 3. The minimum atomic E-state index is -0.166. The molecule has 5 N–H and O–H groups in total. The van der Waals surface area contributed by atoms with E-state index in [1.54, 1.807) is 12.1 Å². The number of unbranched alkanes of at least 4 members (excludes halogenated alkanes) is 1. The van der Waals surface area contributed by atoms with Gasteiger partial charge in [0.25, 0.3) is 0 Å². The summed E-state index contributed by atoms with van der Waals surface area (Å²) in [6.45, 7) is 5.57. The average molecular weight is 542 g/mol. The van der Waals surface area contributed by atoms with Crippen LogP contribution in [0.25, 0.3) is 0 Å². The van der Waals surface area contributed by atoms with Crippen LogP contribution in [-0.4, -0.2) is 42.9 Å². The fourth-order valence-electron chi connectivity index (χ4n) is 3.29. The second-order valence-corrected chi connectivity index (χ2v) is 7.87. The molecular weight excluding hydrogens is 512 g/mol. The molecule has 0 aliphatic carbocycles. The van der Waals surface area contributed by atoms with E-state index < -0.39 is 0 Å². The van der Waals surface area contributed by atoms with E-state index in [1.807, 2.05) is 13.0 Å². The van der Waals surface area contributed by atoms with E-state index in [4.69, 9.17) is 34.7 Å². The van der Waals surface area contributed by atoms with Crippen molar-refractivity contribution >= 4 is 59.0 Å². The van der Waals surface area contributed by atoms with Crippen LogP contribution in [0.2, 0.25) is 10.0 Å². The number of guanidine groups is 1. The van der Waals surface area contributed by atoms with Crippen molar-refractivity contribution in [2.24, 2.45) is 22.4 Å². The van der Waals surface area contributed by atoms with Gasteiger partial charge in [0.05, 0.1) is 6.04 Å². The predicted octanol–water partition coefficient (Wildman–Crippen LogP) is 3.55. The van der Waals surface area contributed by atoms with Gasteiger partial charge in [-0.05, 0) is 69.9 Å². The highest BCUT2D eigenvalue weighted by Crippen LogP contribution is 2.25. The lowest BCUT2D eigenvalue weighted by molar-refractivity contribution is -0.123. The molecule has 28 heavy (non-hydrogen) atoms. The molecule has 9 heteroatoms. The molecule has 158 valence electrons. The van der Waals surface area contributed by atoms with Gasteiger partial charge < -0.3 is 21.7 Å². The van der Waals surface area contributed by atoms with Crippen LogP contribution in [0, 0.1) is 5.92 Å². The Hall–Kier alpha value is -0.770. The zero-order valence-corrected chi connectivity index (χ0v) is 20.0. The smallest absolute Gasteiger partial charge is 0.220 e. The van der Waals surface area contributed by atoms with E-state index in [9.17, 15) is 4.79 Å². The predicted molar refractivity (Wildman–Crippen MR) is 128 cm³/mol. The van der Waals surface area contributed by atoms with Crippen molar-refractivity contribution < 1.29 is 4.79 Å². The van der Waals surface area contributed by atoms with E-state index in [2.05, 4.69) is 15.2 Å². The van der Waals surface area contributed by atoms with Crippen LogP contribution < -0.4 is 16.8 Å². The Labute approximate surface area is 194 Å². The Morgan fingerprint density at radius 2 is 1.96 bits per heavy atom. The number of nitrogens with zero attached hydrogens (tertiary/aromatic N) is 2. The van der Waals surface area contributed by atoms with Gasteiger partial charge in [0.1, 0.15) is 0 Å². The van der Waals surface area contributed by atoms with Gasteiger partial charge in [-0.2, -0.15) is 0 Å². The minimum absolute atomic E-state index is 0. The molecule has 1 aliphatic rings. The van der Waals surface area contributed by atoms with Crippen molar-refractivity contribution in [2.75, 3.05) is 26.2 Å². The first-order valence-corrected chi connectivity index (χ1v) is 10.2. The molecule has 0 bridgehead atoms. The van der Waals surface area contributed by atoms with E-state index in [0.717, 1.165) is 50.9 Å². The largest absolute Gasteiger partial charge is 0.370 e. The summed E-state index contributed by atoms with van der Waals surface area (Å²) in [5, 5.41) is 4.37. The highest BCUT2D eigenvalue weighted by molar-refractivity contribution is 14.0. The van der Waals surface area contributed by atoms with Gasteiger partial charge in [-0.3, -0.25) is 9.79 Å². The summed E-state index contributed by atoms with van der Waals surface area (Å²) in [5.74, 6) is 0.296. The Kier molecular flexibility index (Phi) is 11.5. The van der Waals surface area contributed by atoms with Crippen molar-refractivity contribution in [1.82, 2.24) is 10.2 Å². The number of carbonyl (C=O) groups is 1. The lowest BCUT2D eigenvalue weighted by atomic mass is 9.96. The number of rotatable bonds is 8. The van der Waals surface area contributed by atoms with Gasteiger partial charge in [0.15, 0.2) is 5.96 Å². The number of halogens is 3. The average Bonchev–Trinajstić information content (AvgIpc) is 2.61. The SMILES string of the molecule is CC(NC(N)=NCCCCN1CCC(C(N)=O)CC1)c1ccc(Cl)cc1Cl.I. The van der Waals surface area contributed by atoms with Crippen molar-refractivity contribution in [1.29, 1.82) is 0 Å². The summed E-state index contributed by atoms with van der Waals surface area (Å²) in [6.07, 6.45) is 3.76. The maximum Gasteiger partial charge on any atom is 0.220 e. The van der Waals surface area contributed by atoms with Crippen molar-refractivity contribution in [3.63, 3.8) is 0 Å². The monoisotopic (exact) mass is 541 g/mol. The number of likely N-dealkylation sites (tertiary alicyclic amines) is 1. The summed E-state index contributed by atoms with van der Waals surface area (Å²) >= 11 is 12.1. The second kappa shape index (κ2) is 12.7.